The molecule has 1 unspecified atom stereocenters. The van der Waals surface area contributed by atoms with E-state index in [1.165, 1.54) is 6.42 Å². The molecule has 1 rings (SSSR count). The molecule has 0 aromatic carbocycles. The van der Waals surface area contributed by atoms with Gasteiger partial charge in [-0.15, -0.1) is 0 Å². The normalized spacial score (nSPS) is 33.7. The molecule has 11 heavy (non-hydrogen) atoms. The number of rotatable bonds is 0. The van der Waals surface area contributed by atoms with E-state index in [-0.39, 0.29) is 0 Å². The van der Waals surface area contributed by atoms with Crippen LogP contribution in [-0.4, -0.2) is 0 Å². The van der Waals surface area contributed by atoms with E-state index in [0.29, 0.717) is 10.8 Å². The zero-order valence-electron chi connectivity index (χ0n) is 8.44. The summed E-state index contributed by atoms with van der Waals surface area (Å²) in [5.41, 5.74) is 0.875. The Balaban J connectivity index is 2.91. The summed E-state index contributed by atoms with van der Waals surface area (Å²) in [6, 6.07) is 0. The first-order chi connectivity index (χ1) is 4.86. The Labute approximate surface area is 70.7 Å². The summed E-state index contributed by atoms with van der Waals surface area (Å²) >= 11 is 0. The van der Waals surface area contributed by atoms with Gasteiger partial charge in [0, 0.05) is 0 Å². The van der Waals surface area contributed by atoms with Crippen LogP contribution in [0.2, 0.25) is 0 Å². The second kappa shape index (κ2) is 2.36. The topological polar surface area (TPSA) is 0 Å². The molecule has 0 aromatic heterocycles. The molecule has 0 nitrogen and oxygen atoms in total. The van der Waals surface area contributed by atoms with Gasteiger partial charge in [-0.05, 0) is 23.2 Å². The molecule has 0 saturated heterocycles. The lowest BCUT2D eigenvalue weighted by molar-refractivity contribution is 0.114. The van der Waals surface area contributed by atoms with Crippen molar-refractivity contribution in [1.29, 1.82) is 0 Å². The molecule has 0 amide bonds. The highest BCUT2D eigenvalue weighted by Gasteiger charge is 2.37. The van der Waals surface area contributed by atoms with Crippen LogP contribution < -0.4 is 0 Å². The van der Waals surface area contributed by atoms with Crippen LogP contribution in [0, 0.1) is 16.7 Å². The fourth-order valence-corrected chi connectivity index (χ4v) is 1.99. The summed E-state index contributed by atoms with van der Waals surface area (Å²) < 4.78 is 0. The largest absolute Gasteiger partial charge is 0.0874 e. The Hall–Kier alpha value is -0.260. The zero-order chi connectivity index (χ0) is 8.70. The molecule has 0 aromatic rings. The average Bonchev–Trinajstić information content (AvgIpc) is 1.82. The molecule has 0 fully saturated rings. The molecule has 1 aliphatic rings. The molecule has 0 N–H and O–H groups in total. The van der Waals surface area contributed by atoms with E-state index in [1.807, 2.05) is 0 Å². The number of hydrogen-bond acceptors (Lipinski definition) is 0. The molecular weight excluding hydrogens is 132 g/mol. The van der Waals surface area contributed by atoms with Crippen LogP contribution in [0.5, 0.6) is 0 Å². The van der Waals surface area contributed by atoms with Gasteiger partial charge in [-0.1, -0.05) is 46.8 Å². The molecule has 0 spiro atoms. The Bertz CT molecular complexity index is 172. The minimum atomic E-state index is 0.391. The first-order valence-electron chi connectivity index (χ1n) is 4.54. The molecule has 0 saturated carbocycles. The third-order valence-corrected chi connectivity index (χ3v) is 3.48. The summed E-state index contributed by atoms with van der Waals surface area (Å²) in [5, 5.41) is 0. The molecule has 0 radical (unpaired) electrons. The van der Waals surface area contributed by atoms with E-state index in [1.54, 1.807) is 0 Å². The molecule has 0 aliphatic heterocycles. The standard InChI is InChI=1S/C11H20/c1-9-10(2,3)7-6-8-11(9,4)5/h6-7,9H,8H2,1-5H3. The van der Waals surface area contributed by atoms with Crippen LogP contribution in [0.25, 0.3) is 0 Å². The smallest absolute Gasteiger partial charge is 0.0144 e. The Morgan fingerprint density at radius 1 is 1.18 bits per heavy atom. The van der Waals surface area contributed by atoms with Crippen LogP contribution in [0.1, 0.15) is 41.0 Å². The van der Waals surface area contributed by atoms with Crippen LogP contribution in [-0.2, 0) is 0 Å². The summed E-state index contributed by atoms with van der Waals surface area (Å²) in [6.45, 7) is 11.7. The predicted molar refractivity (Wildman–Crippen MR) is 50.5 cm³/mol. The monoisotopic (exact) mass is 152 g/mol. The first kappa shape index (κ1) is 8.83. The van der Waals surface area contributed by atoms with E-state index < -0.39 is 0 Å². The number of allylic oxidation sites excluding steroid dienone is 2. The minimum absolute atomic E-state index is 0.391. The summed E-state index contributed by atoms with van der Waals surface area (Å²) in [5.74, 6) is 0.778. The van der Waals surface area contributed by atoms with Crippen molar-refractivity contribution in [3.63, 3.8) is 0 Å². The van der Waals surface area contributed by atoms with Gasteiger partial charge in [-0.25, -0.2) is 0 Å². The highest BCUT2D eigenvalue weighted by Crippen LogP contribution is 2.46. The van der Waals surface area contributed by atoms with Crippen LogP contribution in [0.15, 0.2) is 12.2 Å². The van der Waals surface area contributed by atoms with Crippen molar-refractivity contribution in [3.8, 4) is 0 Å². The highest BCUT2D eigenvalue weighted by molar-refractivity contribution is 5.07. The maximum atomic E-state index is 2.36. The van der Waals surface area contributed by atoms with Gasteiger partial charge in [0.1, 0.15) is 0 Å². The second-order valence-electron chi connectivity index (χ2n) is 5.14. The molecule has 0 heterocycles. The maximum Gasteiger partial charge on any atom is -0.0144 e. The lowest BCUT2D eigenvalue weighted by atomic mass is 9.61. The third-order valence-electron chi connectivity index (χ3n) is 3.48. The van der Waals surface area contributed by atoms with Gasteiger partial charge in [0.05, 0.1) is 0 Å². The molecule has 1 aliphatic carbocycles. The Morgan fingerprint density at radius 2 is 1.73 bits per heavy atom. The summed E-state index contributed by atoms with van der Waals surface area (Å²) in [7, 11) is 0. The quantitative estimate of drug-likeness (QED) is 0.465. The first-order valence-corrected chi connectivity index (χ1v) is 4.54. The van der Waals surface area contributed by atoms with Gasteiger partial charge in [0.25, 0.3) is 0 Å². The van der Waals surface area contributed by atoms with Crippen LogP contribution >= 0.6 is 0 Å². The fraction of sp³-hybridized carbons (Fsp3) is 0.818. The number of hydrogen-bond donors (Lipinski definition) is 0. The maximum absolute atomic E-state index is 2.36. The summed E-state index contributed by atoms with van der Waals surface area (Å²) in [6.07, 6.45) is 5.93. The molecule has 0 bridgehead atoms. The van der Waals surface area contributed by atoms with Gasteiger partial charge < -0.3 is 0 Å². The van der Waals surface area contributed by atoms with Crippen molar-refractivity contribution in [2.45, 2.75) is 41.0 Å². The van der Waals surface area contributed by atoms with Gasteiger partial charge in [0.15, 0.2) is 0 Å². The van der Waals surface area contributed by atoms with E-state index in [4.69, 9.17) is 0 Å². The van der Waals surface area contributed by atoms with Crippen molar-refractivity contribution in [2.24, 2.45) is 16.7 Å². The van der Waals surface area contributed by atoms with Gasteiger partial charge in [-0.3, -0.25) is 0 Å². The molecule has 64 valence electrons. The fourth-order valence-electron chi connectivity index (χ4n) is 1.99. The SMILES string of the molecule is CC1C(C)(C)C=CCC1(C)C. The second-order valence-corrected chi connectivity index (χ2v) is 5.14. The van der Waals surface area contributed by atoms with Crippen molar-refractivity contribution in [1.82, 2.24) is 0 Å². The molecule has 0 heteroatoms. The average molecular weight is 152 g/mol. The minimum Gasteiger partial charge on any atom is -0.0874 e. The van der Waals surface area contributed by atoms with Crippen molar-refractivity contribution in [2.75, 3.05) is 0 Å². The van der Waals surface area contributed by atoms with Gasteiger partial charge >= 0.3 is 0 Å². The van der Waals surface area contributed by atoms with Gasteiger partial charge in [-0.2, -0.15) is 0 Å². The van der Waals surface area contributed by atoms with Crippen molar-refractivity contribution in [3.05, 3.63) is 12.2 Å². The lowest BCUT2D eigenvalue weighted by Crippen LogP contribution is -2.35. The van der Waals surface area contributed by atoms with E-state index in [0.717, 1.165) is 5.92 Å². The van der Waals surface area contributed by atoms with Crippen molar-refractivity contribution >= 4 is 0 Å². The molecule has 1 atom stereocenters. The zero-order valence-corrected chi connectivity index (χ0v) is 8.44. The lowest BCUT2D eigenvalue weighted by Gasteiger charge is -2.44. The highest BCUT2D eigenvalue weighted by atomic mass is 14.4. The van der Waals surface area contributed by atoms with Gasteiger partial charge in [0.2, 0.25) is 0 Å². The van der Waals surface area contributed by atoms with Crippen LogP contribution in [0.3, 0.4) is 0 Å². The Kier molecular flexibility index (Phi) is 1.90. The summed E-state index contributed by atoms with van der Waals surface area (Å²) in [4.78, 5) is 0. The molecular formula is C11H20. The predicted octanol–water partition coefficient (Wildman–Crippen LogP) is 3.63. The Morgan fingerprint density at radius 3 is 2.09 bits per heavy atom. The van der Waals surface area contributed by atoms with Crippen molar-refractivity contribution < 1.29 is 0 Å². The third kappa shape index (κ3) is 1.50. The van der Waals surface area contributed by atoms with E-state index >= 15 is 0 Å². The van der Waals surface area contributed by atoms with E-state index in [9.17, 15) is 0 Å². The van der Waals surface area contributed by atoms with E-state index in [2.05, 4.69) is 46.8 Å². The van der Waals surface area contributed by atoms with Crippen LogP contribution in [0.4, 0.5) is 0 Å².